The molecule has 0 bridgehead atoms. The molecule has 0 aromatic heterocycles. The van der Waals surface area contributed by atoms with E-state index in [1.54, 1.807) is 0 Å². The molecule has 1 atom stereocenters. The molecule has 2 aromatic rings. The molecule has 1 aliphatic heterocycles. The lowest BCUT2D eigenvalue weighted by molar-refractivity contribution is -0.121. The van der Waals surface area contributed by atoms with Gasteiger partial charge in [-0.15, -0.1) is 0 Å². The molecule has 1 amide bonds. The van der Waals surface area contributed by atoms with Gasteiger partial charge in [0, 0.05) is 23.8 Å². The number of anilines is 1. The van der Waals surface area contributed by atoms with Crippen LogP contribution in [-0.4, -0.2) is 23.9 Å². The molecule has 138 valence electrons. The minimum Gasteiger partial charge on any atom is -0.325 e. The number of nitrogens with zero attached hydrogens (tertiary/aromatic N) is 1. The molecular weight excluding hydrogens is 344 g/mol. The van der Waals surface area contributed by atoms with Crippen LogP contribution < -0.4 is 5.32 Å². The van der Waals surface area contributed by atoms with Gasteiger partial charge in [-0.1, -0.05) is 41.4 Å². The number of nitrogens with one attached hydrogen (secondary N) is 1. The summed E-state index contributed by atoms with van der Waals surface area (Å²) in [4.78, 5) is 15.2. The summed E-state index contributed by atoms with van der Waals surface area (Å²) < 4.78 is 0. The number of carbonyl (C=O) groups excluding carboxylic acids is 1. The lowest BCUT2D eigenvalue weighted by Crippen LogP contribution is -2.40. The first-order valence-electron chi connectivity index (χ1n) is 9.28. The van der Waals surface area contributed by atoms with E-state index in [1.807, 2.05) is 12.1 Å². The van der Waals surface area contributed by atoms with Gasteiger partial charge >= 0.3 is 0 Å². The molecule has 1 heterocycles. The zero-order valence-electron chi connectivity index (χ0n) is 15.8. The first-order valence-corrected chi connectivity index (χ1v) is 9.65. The van der Waals surface area contributed by atoms with Gasteiger partial charge in [0.05, 0.1) is 5.92 Å². The average molecular weight is 371 g/mol. The Labute approximate surface area is 161 Å². The Morgan fingerprint density at radius 3 is 2.46 bits per heavy atom. The standard InChI is InChI=1S/C22H27ClN2O/c1-15-11-16(2)21(17(3)12-15)24-22(26)19-5-4-10-25(14-19)13-18-6-8-20(23)9-7-18/h6-9,11-12,19H,4-5,10,13-14H2,1-3H3,(H,24,26). The van der Waals surface area contributed by atoms with Crippen LogP contribution in [0.5, 0.6) is 0 Å². The van der Waals surface area contributed by atoms with E-state index >= 15 is 0 Å². The van der Waals surface area contributed by atoms with E-state index in [1.165, 1.54) is 11.1 Å². The highest BCUT2D eigenvalue weighted by molar-refractivity contribution is 6.30. The smallest absolute Gasteiger partial charge is 0.228 e. The first-order chi connectivity index (χ1) is 12.4. The summed E-state index contributed by atoms with van der Waals surface area (Å²) in [5.74, 6) is 0.178. The van der Waals surface area contributed by atoms with Crippen molar-refractivity contribution >= 4 is 23.2 Å². The molecule has 2 aromatic carbocycles. The first kappa shape index (κ1) is 18.9. The van der Waals surface area contributed by atoms with Gasteiger partial charge in [-0.05, 0) is 69.0 Å². The number of benzene rings is 2. The molecule has 0 aliphatic carbocycles. The van der Waals surface area contributed by atoms with Crippen LogP contribution >= 0.6 is 11.6 Å². The normalized spacial score (nSPS) is 17.9. The minimum atomic E-state index is 0.0381. The summed E-state index contributed by atoms with van der Waals surface area (Å²) in [5.41, 5.74) is 5.69. The molecular formula is C22H27ClN2O. The van der Waals surface area contributed by atoms with Gasteiger partial charge in [0.1, 0.15) is 0 Å². The monoisotopic (exact) mass is 370 g/mol. The quantitative estimate of drug-likeness (QED) is 0.810. The van der Waals surface area contributed by atoms with Crippen molar-refractivity contribution in [3.63, 3.8) is 0 Å². The Morgan fingerprint density at radius 1 is 1.15 bits per heavy atom. The number of likely N-dealkylation sites (tertiary alicyclic amines) is 1. The van der Waals surface area contributed by atoms with Crippen LogP contribution in [0.3, 0.4) is 0 Å². The molecule has 3 nitrogen and oxygen atoms in total. The molecule has 1 N–H and O–H groups in total. The maximum absolute atomic E-state index is 12.8. The lowest BCUT2D eigenvalue weighted by atomic mass is 9.96. The highest BCUT2D eigenvalue weighted by Crippen LogP contribution is 2.25. The Morgan fingerprint density at radius 2 is 1.81 bits per heavy atom. The van der Waals surface area contributed by atoms with Crippen LogP contribution in [0.25, 0.3) is 0 Å². The third kappa shape index (κ3) is 4.66. The van der Waals surface area contributed by atoms with Crippen LogP contribution in [0.2, 0.25) is 5.02 Å². The second-order valence-electron chi connectivity index (χ2n) is 7.46. The molecule has 0 spiro atoms. The van der Waals surface area contributed by atoms with E-state index in [0.29, 0.717) is 0 Å². The van der Waals surface area contributed by atoms with Gasteiger partial charge in [0.25, 0.3) is 0 Å². The zero-order chi connectivity index (χ0) is 18.7. The summed E-state index contributed by atoms with van der Waals surface area (Å²) in [7, 11) is 0. The average Bonchev–Trinajstić information content (AvgIpc) is 2.60. The van der Waals surface area contributed by atoms with Gasteiger partial charge in [-0.25, -0.2) is 0 Å². The van der Waals surface area contributed by atoms with Crippen molar-refractivity contribution in [2.24, 2.45) is 5.92 Å². The van der Waals surface area contributed by atoms with Gasteiger partial charge in [0.15, 0.2) is 0 Å². The largest absolute Gasteiger partial charge is 0.325 e. The van der Waals surface area contributed by atoms with E-state index < -0.39 is 0 Å². The van der Waals surface area contributed by atoms with E-state index in [0.717, 1.165) is 54.3 Å². The number of carbonyl (C=O) groups is 1. The fourth-order valence-electron chi connectivity index (χ4n) is 3.86. The van der Waals surface area contributed by atoms with Crippen molar-refractivity contribution in [3.05, 3.63) is 63.7 Å². The molecule has 26 heavy (non-hydrogen) atoms. The lowest BCUT2D eigenvalue weighted by Gasteiger charge is -2.32. The maximum Gasteiger partial charge on any atom is 0.228 e. The van der Waals surface area contributed by atoms with Crippen molar-refractivity contribution < 1.29 is 4.79 Å². The van der Waals surface area contributed by atoms with Gasteiger partial charge in [-0.2, -0.15) is 0 Å². The third-order valence-corrected chi connectivity index (χ3v) is 5.37. The fourth-order valence-corrected chi connectivity index (χ4v) is 3.99. The van der Waals surface area contributed by atoms with Gasteiger partial charge in [-0.3, -0.25) is 9.69 Å². The number of halogens is 1. The van der Waals surface area contributed by atoms with E-state index in [-0.39, 0.29) is 11.8 Å². The van der Waals surface area contributed by atoms with Gasteiger partial charge < -0.3 is 5.32 Å². The molecule has 1 aliphatic rings. The van der Waals surface area contributed by atoms with Crippen molar-refractivity contribution in [2.75, 3.05) is 18.4 Å². The highest BCUT2D eigenvalue weighted by atomic mass is 35.5. The minimum absolute atomic E-state index is 0.0381. The number of aryl methyl sites for hydroxylation is 3. The fraction of sp³-hybridized carbons (Fsp3) is 0.409. The van der Waals surface area contributed by atoms with Crippen molar-refractivity contribution in [2.45, 2.75) is 40.2 Å². The number of hydrogen-bond donors (Lipinski definition) is 1. The van der Waals surface area contributed by atoms with Crippen molar-refractivity contribution in [1.82, 2.24) is 4.90 Å². The SMILES string of the molecule is Cc1cc(C)c(NC(=O)C2CCCN(Cc3ccc(Cl)cc3)C2)c(C)c1. The highest BCUT2D eigenvalue weighted by Gasteiger charge is 2.26. The molecule has 1 unspecified atom stereocenters. The van der Waals surface area contributed by atoms with Crippen LogP contribution in [0.15, 0.2) is 36.4 Å². The van der Waals surface area contributed by atoms with Gasteiger partial charge in [0.2, 0.25) is 5.91 Å². The third-order valence-electron chi connectivity index (χ3n) is 5.12. The van der Waals surface area contributed by atoms with Crippen molar-refractivity contribution in [3.8, 4) is 0 Å². The topological polar surface area (TPSA) is 32.3 Å². The van der Waals surface area contributed by atoms with E-state index in [9.17, 15) is 4.79 Å². The van der Waals surface area contributed by atoms with Crippen LogP contribution in [0, 0.1) is 26.7 Å². The zero-order valence-corrected chi connectivity index (χ0v) is 16.6. The summed E-state index contributed by atoms with van der Waals surface area (Å²) in [6.45, 7) is 8.91. The van der Waals surface area contributed by atoms with Crippen molar-refractivity contribution in [1.29, 1.82) is 0 Å². The molecule has 1 fully saturated rings. The molecule has 3 rings (SSSR count). The summed E-state index contributed by atoms with van der Waals surface area (Å²) >= 11 is 5.96. The Hall–Kier alpha value is -1.84. The second-order valence-corrected chi connectivity index (χ2v) is 7.90. The number of amides is 1. The van der Waals surface area contributed by atoms with E-state index in [4.69, 9.17) is 11.6 Å². The predicted octanol–water partition coefficient (Wildman–Crippen LogP) is 5.12. The van der Waals surface area contributed by atoms with E-state index in [2.05, 4.69) is 55.3 Å². The number of rotatable bonds is 4. The van der Waals surface area contributed by atoms with Crippen LogP contribution in [-0.2, 0) is 11.3 Å². The summed E-state index contributed by atoms with van der Waals surface area (Å²) in [6.07, 6.45) is 2.00. The molecule has 1 saturated heterocycles. The summed E-state index contributed by atoms with van der Waals surface area (Å²) in [5, 5.41) is 3.94. The van der Waals surface area contributed by atoms with Crippen LogP contribution in [0.1, 0.15) is 35.1 Å². The summed E-state index contributed by atoms with van der Waals surface area (Å²) in [6, 6.07) is 12.2. The van der Waals surface area contributed by atoms with Crippen LogP contribution in [0.4, 0.5) is 5.69 Å². The second kappa shape index (κ2) is 8.24. The Kier molecular flexibility index (Phi) is 6.00. The molecule has 4 heteroatoms. The Balaban J connectivity index is 1.64. The maximum atomic E-state index is 12.8. The molecule has 0 saturated carbocycles. The predicted molar refractivity (Wildman–Crippen MR) is 109 cm³/mol. The Bertz CT molecular complexity index is 762. The number of piperidine rings is 1. The molecule has 0 radical (unpaired) electrons. The number of hydrogen-bond acceptors (Lipinski definition) is 2.